The first-order valence-corrected chi connectivity index (χ1v) is 10.9. The van der Waals surface area contributed by atoms with Crippen molar-refractivity contribution in [1.29, 1.82) is 0 Å². The number of hydrogen-bond donors (Lipinski definition) is 0. The molecule has 2 aliphatic heterocycles. The average molecular weight is 462 g/mol. The summed E-state index contributed by atoms with van der Waals surface area (Å²) in [5, 5.41) is 11.4. The zero-order valence-electron chi connectivity index (χ0n) is 18.1. The minimum atomic E-state index is -4.66. The fourth-order valence-electron chi connectivity index (χ4n) is 4.45. The molecule has 2 aliphatic rings. The molecule has 176 valence electrons. The van der Waals surface area contributed by atoms with Crippen molar-refractivity contribution in [2.45, 2.75) is 25.6 Å². The standard InChI is InChI=1S/C23H25F3N4O3/c24-23(25,26)19-6-7-20(21(15-19)30(32)33)28-10-12-29(13-11-28)22(31)18-5-3-4-17(14-18)16-27-8-1-2-9-27/h3-7,14-15H,1-2,8-13,16H2. The second-order valence-corrected chi connectivity index (χ2v) is 8.42. The van der Waals surface area contributed by atoms with E-state index in [1.165, 1.54) is 12.8 Å². The Morgan fingerprint density at radius 2 is 1.67 bits per heavy atom. The van der Waals surface area contributed by atoms with Crippen LogP contribution in [0, 0.1) is 10.1 Å². The molecule has 2 fully saturated rings. The zero-order chi connectivity index (χ0) is 23.6. The van der Waals surface area contributed by atoms with Crippen molar-refractivity contribution >= 4 is 17.3 Å². The molecular weight excluding hydrogens is 437 g/mol. The number of piperazine rings is 1. The van der Waals surface area contributed by atoms with Crippen LogP contribution in [0.1, 0.15) is 34.3 Å². The Hall–Kier alpha value is -3.14. The van der Waals surface area contributed by atoms with Gasteiger partial charge in [0.1, 0.15) is 5.69 Å². The maximum absolute atomic E-state index is 13.0. The van der Waals surface area contributed by atoms with Crippen molar-refractivity contribution in [3.05, 3.63) is 69.3 Å². The molecule has 0 radical (unpaired) electrons. The number of alkyl halides is 3. The summed E-state index contributed by atoms with van der Waals surface area (Å²) >= 11 is 0. The number of rotatable bonds is 5. The third kappa shape index (κ3) is 5.27. The summed E-state index contributed by atoms with van der Waals surface area (Å²) in [5.41, 5.74) is 0.176. The molecule has 0 aliphatic carbocycles. The molecule has 0 bridgehead atoms. The molecule has 2 aromatic carbocycles. The molecule has 33 heavy (non-hydrogen) atoms. The summed E-state index contributed by atoms with van der Waals surface area (Å²) < 4.78 is 38.9. The van der Waals surface area contributed by atoms with Crippen LogP contribution in [0.5, 0.6) is 0 Å². The maximum atomic E-state index is 13.0. The van der Waals surface area contributed by atoms with Gasteiger partial charge in [-0.05, 0) is 55.8 Å². The van der Waals surface area contributed by atoms with Gasteiger partial charge in [0.05, 0.1) is 10.5 Å². The smallest absolute Gasteiger partial charge is 0.362 e. The van der Waals surface area contributed by atoms with E-state index in [-0.39, 0.29) is 11.6 Å². The molecule has 4 rings (SSSR count). The van der Waals surface area contributed by atoms with Crippen LogP contribution in [-0.2, 0) is 12.7 Å². The van der Waals surface area contributed by atoms with Gasteiger partial charge >= 0.3 is 6.18 Å². The molecule has 0 N–H and O–H groups in total. The quantitative estimate of drug-likeness (QED) is 0.493. The lowest BCUT2D eigenvalue weighted by molar-refractivity contribution is -0.384. The van der Waals surface area contributed by atoms with Gasteiger partial charge in [-0.25, -0.2) is 0 Å². The monoisotopic (exact) mass is 462 g/mol. The number of carbonyl (C=O) groups is 1. The molecule has 1 amide bonds. The Kier molecular flexibility index (Phi) is 6.55. The number of hydrogen-bond acceptors (Lipinski definition) is 5. The van der Waals surface area contributed by atoms with E-state index >= 15 is 0 Å². The summed E-state index contributed by atoms with van der Waals surface area (Å²) in [6, 6.07) is 10.1. The van der Waals surface area contributed by atoms with Crippen LogP contribution in [0.2, 0.25) is 0 Å². The first-order valence-electron chi connectivity index (χ1n) is 10.9. The summed E-state index contributed by atoms with van der Waals surface area (Å²) in [7, 11) is 0. The fourth-order valence-corrected chi connectivity index (χ4v) is 4.45. The summed E-state index contributed by atoms with van der Waals surface area (Å²) in [5.74, 6) is -0.111. The lowest BCUT2D eigenvalue weighted by atomic mass is 10.1. The molecule has 10 heteroatoms. The van der Waals surface area contributed by atoms with Crippen LogP contribution < -0.4 is 4.90 Å². The second kappa shape index (κ2) is 9.38. The third-order valence-corrected chi connectivity index (χ3v) is 6.19. The topological polar surface area (TPSA) is 69.9 Å². The van der Waals surface area contributed by atoms with Gasteiger partial charge in [0.25, 0.3) is 11.6 Å². The predicted molar refractivity (Wildman–Crippen MR) is 117 cm³/mol. The van der Waals surface area contributed by atoms with E-state index < -0.39 is 22.4 Å². The lowest BCUT2D eigenvalue weighted by Crippen LogP contribution is -2.49. The molecular formula is C23H25F3N4O3. The number of benzene rings is 2. The van der Waals surface area contributed by atoms with Gasteiger partial charge in [-0.1, -0.05) is 12.1 Å². The van der Waals surface area contributed by atoms with E-state index in [2.05, 4.69) is 4.90 Å². The number of carbonyl (C=O) groups excluding carboxylic acids is 1. The molecule has 2 saturated heterocycles. The Bertz CT molecular complexity index is 1030. The highest BCUT2D eigenvalue weighted by atomic mass is 19.4. The van der Waals surface area contributed by atoms with Crippen molar-refractivity contribution in [1.82, 2.24) is 9.80 Å². The van der Waals surface area contributed by atoms with Gasteiger partial charge in [-0.3, -0.25) is 19.8 Å². The number of amides is 1. The molecule has 2 aromatic rings. The van der Waals surface area contributed by atoms with E-state index in [9.17, 15) is 28.1 Å². The van der Waals surface area contributed by atoms with Crippen LogP contribution in [0.25, 0.3) is 0 Å². The summed E-state index contributed by atoms with van der Waals surface area (Å²) in [6.07, 6.45) is -2.27. The molecule has 0 spiro atoms. The van der Waals surface area contributed by atoms with Crippen LogP contribution in [0.4, 0.5) is 24.5 Å². The number of nitrogens with zero attached hydrogens (tertiary/aromatic N) is 4. The highest BCUT2D eigenvalue weighted by Gasteiger charge is 2.34. The van der Waals surface area contributed by atoms with Gasteiger partial charge in [0.2, 0.25) is 0 Å². The molecule has 2 heterocycles. The van der Waals surface area contributed by atoms with Crippen molar-refractivity contribution in [3.8, 4) is 0 Å². The van der Waals surface area contributed by atoms with Crippen LogP contribution >= 0.6 is 0 Å². The minimum Gasteiger partial charge on any atom is -0.362 e. The van der Waals surface area contributed by atoms with Crippen LogP contribution in [0.3, 0.4) is 0 Å². The number of nitro groups is 1. The Balaban J connectivity index is 1.43. The summed E-state index contributed by atoms with van der Waals surface area (Å²) in [4.78, 5) is 29.3. The average Bonchev–Trinajstić information content (AvgIpc) is 3.31. The first-order chi connectivity index (χ1) is 15.7. The number of nitro benzene ring substituents is 1. The van der Waals surface area contributed by atoms with Gasteiger partial charge in [-0.2, -0.15) is 13.2 Å². The number of likely N-dealkylation sites (tertiary alicyclic amines) is 1. The molecule has 0 atom stereocenters. The van der Waals surface area contributed by atoms with E-state index in [0.717, 1.165) is 37.3 Å². The van der Waals surface area contributed by atoms with E-state index in [1.54, 1.807) is 15.9 Å². The van der Waals surface area contributed by atoms with Crippen LogP contribution in [0.15, 0.2) is 42.5 Å². The maximum Gasteiger partial charge on any atom is 0.416 e. The van der Waals surface area contributed by atoms with Crippen molar-refractivity contribution in [2.75, 3.05) is 44.2 Å². The fraction of sp³-hybridized carbons (Fsp3) is 0.435. The van der Waals surface area contributed by atoms with Crippen molar-refractivity contribution in [2.24, 2.45) is 0 Å². The highest BCUT2D eigenvalue weighted by molar-refractivity contribution is 5.94. The normalized spacial score (nSPS) is 17.4. The molecule has 0 saturated carbocycles. The predicted octanol–water partition coefficient (Wildman–Crippen LogP) is 4.17. The zero-order valence-corrected chi connectivity index (χ0v) is 18.1. The minimum absolute atomic E-state index is 0.111. The lowest BCUT2D eigenvalue weighted by Gasteiger charge is -2.36. The molecule has 0 unspecified atom stereocenters. The van der Waals surface area contributed by atoms with Gasteiger partial charge in [0.15, 0.2) is 0 Å². The molecule has 7 nitrogen and oxygen atoms in total. The third-order valence-electron chi connectivity index (χ3n) is 6.19. The number of anilines is 1. The Labute approximate surface area is 189 Å². The van der Waals surface area contributed by atoms with E-state index in [4.69, 9.17) is 0 Å². The van der Waals surface area contributed by atoms with Crippen LogP contribution in [-0.4, -0.2) is 59.9 Å². The van der Waals surface area contributed by atoms with Gasteiger partial charge < -0.3 is 9.80 Å². The van der Waals surface area contributed by atoms with Crippen molar-refractivity contribution in [3.63, 3.8) is 0 Å². The second-order valence-electron chi connectivity index (χ2n) is 8.42. The van der Waals surface area contributed by atoms with Gasteiger partial charge in [-0.15, -0.1) is 0 Å². The largest absolute Gasteiger partial charge is 0.416 e. The van der Waals surface area contributed by atoms with Crippen molar-refractivity contribution < 1.29 is 22.9 Å². The van der Waals surface area contributed by atoms with E-state index in [0.29, 0.717) is 37.8 Å². The van der Waals surface area contributed by atoms with Gasteiger partial charge in [0, 0.05) is 44.4 Å². The van der Waals surface area contributed by atoms with E-state index in [1.807, 2.05) is 18.2 Å². The Morgan fingerprint density at radius 1 is 0.970 bits per heavy atom. The molecule has 0 aromatic heterocycles. The number of halogens is 3. The SMILES string of the molecule is O=C(c1cccc(CN2CCCC2)c1)N1CCN(c2ccc(C(F)(F)F)cc2[N+](=O)[O-])CC1. The Morgan fingerprint density at radius 3 is 2.30 bits per heavy atom. The summed E-state index contributed by atoms with van der Waals surface area (Å²) in [6.45, 7) is 4.19. The first kappa shape index (κ1) is 23.0. The highest BCUT2D eigenvalue weighted by Crippen LogP contribution is 2.36.